The van der Waals surface area contributed by atoms with Crippen LogP contribution in [0.15, 0.2) is 29.3 Å². The molecule has 2 N–H and O–H groups in total. The first-order valence-electron chi connectivity index (χ1n) is 7.28. The Morgan fingerprint density at radius 2 is 2.14 bits per heavy atom. The fourth-order valence-corrected chi connectivity index (χ4v) is 2.07. The summed E-state index contributed by atoms with van der Waals surface area (Å²) >= 11 is 0. The first-order valence-corrected chi connectivity index (χ1v) is 7.28. The lowest BCUT2D eigenvalue weighted by molar-refractivity contribution is 0.0527. The van der Waals surface area contributed by atoms with Crippen LogP contribution in [0.1, 0.15) is 32.8 Å². The van der Waals surface area contributed by atoms with Gasteiger partial charge in [-0.2, -0.15) is 0 Å². The molecule has 0 aliphatic rings. The fraction of sp³-hybridized carbons (Fsp3) is 0.438. The Morgan fingerprint density at radius 1 is 1.36 bits per heavy atom. The molecule has 2 aromatic rings. The van der Waals surface area contributed by atoms with Crippen molar-refractivity contribution in [3.63, 3.8) is 0 Å². The van der Waals surface area contributed by atoms with Crippen LogP contribution in [0.25, 0.3) is 10.9 Å². The number of amides is 1. The van der Waals surface area contributed by atoms with Crippen molar-refractivity contribution in [1.29, 1.82) is 0 Å². The molecule has 0 radical (unpaired) electrons. The fourth-order valence-electron chi connectivity index (χ4n) is 2.07. The Bertz CT molecular complexity index is 716. The third kappa shape index (κ3) is 4.58. The summed E-state index contributed by atoms with van der Waals surface area (Å²) in [6.45, 7) is 6.03. The van der Waals surface area contributed by atoms with E-state index in [1.807, 2.05) is 32.9 Å². The van der Waals surface area contributed by atoms with E-state index < -0.39 is 11.7 Å². The lowest BCUT2D eigenvalue weighted by atomic mass is 10.1. The van der Waals surface area contributed by atoms with Crippen molar-refractivity contribution in [2.75, 3.05) is 6.54 Å². The van der Waals surface area contributed by atoms with Gasteiger partial charge in [-0.25, -0.2) is 9.78 Å². The molecular formula is C16H21N3O3. The zero-order chi connectivity index (χ0) is 16.2. The third-order valence-electron chi connectivity index (χ3n) is 3.02. The minimum Gasteiger partial charge on any atom is -0.444 e. The molecule has 1 aromatic carbocycles. The largest absolute Gasteiger partial charge is 0.444 e. The maximum absolute atomic E-state index is 11.6. The van der Waals surface area contributed by atoms with Crippen LogP contribution in [-0.4, -0.2) is 28.2 Å². The Labute approximate surface area is 128 Å². The number of nitrogens with zero attached hydrogens (tertiary/aromatic N) is 1. The standard InChI is InChI=1S/C16H21N3O3/c1-16(2,3)22-15(21)17-8-4-5-11-6-7-12-13(9-11)18-10-19-14(12)20/h6-7,9-10H,4-5,8H2,1-3H3,(H,17,21)(H,18,19,20). The summed E-state index contributed by atoms with van der Waals surface area (Å²) in [5.74, 6) is 0. The van der Waals surface area contributed by atoms with E-state index >= 15 is 0 Å². The first-order chi connectivity index (χ1) is 10.3. The molecule has 0 atom stereocenters. The monoisotopic (exact) mass is 303 g/mol. The molecule has 0 spiro atoms. The van der Waals surface area contributed by atoms with Crippen LogP contribution in [0.5, 0.6) is 0 Å². The number of H-pyrrole nitrogens is 1. The van der Waals surface area contributed by atoms with Crippen LogP contribution in [0.3, 0.4) is 0 Å². The van der Waals surface area contributed by atoms with Gasteiger partial charge < -0.3 is 15.0 Å². The molecule has 0 fully saturated rings. The smallest absolute Gasteiger partial charge is 0.407 e. The molecule has 0 aliphatic carbocycles. The SMILES string of the molecule is CC(C)(C)OC(=O)NCCCc1ccc2c(=O)[nH]cnc2c1. The highest BCUT2D eigenvalue weighted by Gasteiger charge is 2.15. The summed E-state index contributed by atoms with van der Waals surface area (Å²) in [4.78, 5) is 29.8. The number of fused-ring (bicyclic) bond motifs is 1. The molecule has 118 valence electrons. The second kappa shape index (κ2) is 6.60. The van der Waals surface area contributed by atoms with E-state index in [0.717, 1.165) is 18.4 Å². The van der Waals surface area contributed by atoms with Gasteiger partial charge in [0.1, 0.15) is 5.60 Å². The Hall–Kier alpha value is -2.37. The summed E-state index contributed by atoms with van der Waals surface area (Å²) in [6, 6.07) is 5.59. The number of rotatable bonds is 4. The van der Waals surface area contributed by atoms with Gasteiger partial charge in [0.05, 0.1) is 17.2 Å². The molecule has 1 amide bonds. The first kappa shape index (κ1) is 16.0. The van der Waals surface area contributed by atoms with Crippen molar-refractivity contribution < 1.29 is 9.53 Å². The zero-order valence-electron chi connectivity index (χ0n) is 13.1. The van der Waals surface area contributed by atoms with Gasteiger partial charge in [-0.15, -0.1) is 0 Å². The highest BCUT2D eigenvalue weighted by Crippen LogP contribution is 2.11. The minimum absolute atomic E-state index is 0.136. The summed E-state index contributed by atoms with van der Waals surface area (Å²) in [5, 5.41) is 3.31. The number of aromatic amines is 1. The number of benzene rings is 1. The number of aryl methyl sites for hydroxylation is 1. The average Bonchev–Trinajstić information content (AvgIpc) is 2.42. The van der Waals surface area contributed by atoms with Crippen molar-refractivity contribution >= 4 is 17.0 Å². The van der Waals surface area contributed by atoms with Crippen LogP contribution in [0.4, 0.5) is 4.79 Å². The lowest BCUT2D eigenvalue weighted by Crippen LogP contribution is -2.33. The molecule has 0 saturated heterocycles. The van der Waals surface area contributed by atoms with E-state index in [1.165, 1.54) is 6.33 Å². The number of carbonyl (C=O) groups is 1. The average molecular weight is 303 g/mol. The molecule has 0 aliphatic heterocycles. The summed E-state index contributed by atoms with van der Waals surface area (Å²) in [6.07, 6.45) is 2.58. The van der Waals surface area contributed by atoms with Crippen LogP contribution in [0.2, 0.25) is 0 Å². The number of aromatic nitrogens is 2. The van der Waals surface area contributed by atoms with E-state index in [2.05, 4.69) is 15.3 Å². The molecule has 1 heterocycles. The Kier molecular flexibility index (Phi) is 4.80. The van der Waals surface area contributed by atoms with Gasteiger partial charge in [0.25, 0.3) is 5.56 Å². The van der Waals surface area contributed by atoms with Gasteiger partial charge in [-0.05, 0) is 51.3 Å². The van der Waals surface area contributed by atoms with E-state index in [-0.39, 0.29) is 5.56 Å². The Morgan fingerprint density at radius 3 is 2.86 bits per heavy atom. The van der Waals surface area contributed by atoms with Crippen molar-refractivity contribution in [3.8, 4) is 0 Å². The number of carbonyl (C=O) groups excluding carboxylic acids is 1. The van der Waals surface area contributed by atoms with Crippen molar-refractivity contribution in [2.24, 2.45) is 0 Å². The van der Waals surface area contributed by atoms with E-state index in [0.29, 0.717) is 17.4 Å². The molecule has 0 bridgehead atoms. The predicted molar refractivity (Wildman–Crippen MR) is 84.9 cm³/mol. The quantitative estimate of drug-likeness (QED) is 0.849. The zero-order valence-corrected chi connectivity index (χ0v) is 13.1. The van der Waals surface area contributed by atoms with Gasteiger partial charge >= 0.3 is 6.09 Å². The van der Waals surface area contributed by atoms with E-state index in [1.54, 1.807) is 6.07 Å². The van der Waals surface area contributed by atoms with E-state index in [9.17, 15) is 9.59 Å². The highest BCUT2D eigenvalue weighted by molar-refractivity contribution is 5.77. The summed E-state index contributed by atoms with van der Waals surface area (Å²) < 4.78 is 5.16. The van der Waals surface area contributed by atoms with Crippen molar-refractivity contribution in [1.82, 2.24) is 15.3 Å². The van der Waals surface area contributed by atoms with Crippen LogP contribution < -0.4 is 10.9 Å². The van der Waals surface area contributed by atoms with Crippen LogP contribution >= 0.6 is 0 Å². The number of hydrogen-bond donors (Lipinski definition) is 2. The second-order valence-corrected chi connectivity index (χ2v) is 6.12. The molecule has 1 aromatic heterocycles. The molecule has 2 rings (SSSR count). The number of hydrogen-bond acceptors (Lipinski definition) is 4. The molecule has 6 nitrogen and oxygen atoms in total. The normalized spacial score (nSPS) is 11.4. The van der Waals surface area contributed by atoms with Gasteiger partial charge in [-0.3, -0.25) is 4.79 Å². The molecule has 0 saturated carbocycles. The molecule has 22 heavy (non-hydrogen) atoms. The summed E-state index contributed by atoms with van der Waals surface area (Å²) in [5.41, 5.74) is 1.14. The predicted octanol–water partition coefficient (Wildman–Crippen LogP) is 2.38. The number of nitrogens with one attached hydrogen (secondary N) is 2. The maximum atomic E-state index is 11.6. The van der Waals surface area contributed by atoms with E-state index in [4.69, 9.17) is 4.74 Å². The van der Waals surface area contributed by atoms with Crippen molar-refractivity contribution in [2.45, 2.75) is 39.2 Å². The highest BCUT2D eigenvalue weighted by atomic mass is 16.6. The number of ether oxygens (including phenoxy) is 1. The summed E-state index contributed by atoms with van der Waals surface area (Å²) in [7, 11) is 0. The third-order valence-corrected chi connectivity index (χ3v) is 3.02. The molecular weight excluding hydrogens is 282 g/mol. The van der Waals surface area contributed by atoms with Crippen LogP contribution in [0, 0.1) is 0 Å². The number of alkyl carbamates (subject to hydrolysis) is 1. The maximum Gasteiger partial charge on any atom is 0.407 e. The second-order valence-electron chi connectivity index (χ2n) is 6.12. The topological polar surface area (TPSA) is 84.1 Å². The lowest BCUT2D eigenvalue weighted by Gasteiger charge is -2.19. The van der Waals surface area contributed by atoms with Gasteiger partial charge in [0.2, 0.25) is 0 Å². The van der Waals surface area contributed by atoms with Gasteiger partial charge in [0, 0.05) is 6.54 Å². The molecule has 0 unspecified atom stereocenters. The van der Waals surface area contributed by atoms with Crippen LogP contribution in [-0.2, 0) is 11.2 Å². The van der Waals surface area contributed by atoms with Crippen molar-refractivity contribution in [3.05, 3.63) is 40.4 Å². The van der Waals surface area contributed by atoms with Gasteiger partial charge in [0.15, 0.2) is 0 Å². The molecule has 6 heteroatoms. The Balaban J connectivity index is 1.85. The van der Waals surface area contributed by atoms with Gasteiger partial charge in [-0.1, -0.05) is 6.07 Å². The minimum atomic E-state index is -0.485.